The number of carbonyl (C=O) groups is 1. The van der Waals surface area contributed by atoms with E-state index in [2.05, 4.69) is 42.2 Å². The molecule has 0 aromatic heterocycles. The molecule has 2 aliphatic rings. The van der Waals surface area contributed by atoms with Crippen LogP contribution in [0.1, 0.15) is 54.9 Å². The number of benzene rings is 2. The smallest absolute Gasteiger partial charge is 0.253 e. The van der Waals surface area contributed by atoms with Gasteiger partial charge in [-0.1, -0.05) is 37.3 Å². The quantitative estimate of drug-likeness (QED) is 0.521. The largest absolute Gasteiger partial charge is 0.490 e. The number of rotatable bonds is 10. The average molecular weight is 451 g/mol. The summed E-state index contributed by atoms with van der Waals surface area (Å²) in [6, 6.07) is 18.4. The van der Waals surface area contributed by atoms with E-state index in [9.17, 15) is 4.79 Å². The van der Waals surface area contributed by atoms with Crippen LogP contribution in [0, 0.1) is 0 Å². The van der Waals surface area contributed by atoms with Gasteiger partial charge in [-0.25, -0.2) is 0 Å². The molecule has 0 bridgehead atoms. The van der Waals surface area contributed by atoms with Gasteiger partial charge in [0.05, 0.1) is 6.10 Å². The van der Waals surface area contributed by atoms with Gasteiger partial charge in [0.1, 0.15) is 11.9 Å². The number of amides is 1. The molecule has 2 aliphatic heterocycles. The zero-order valence-electron chi connectivity index (χ0n) is 20.0. The summed E-state index contributed by atoms with van der Waals surface area (Å²) in [5, 5.41) is 0. The average Bonchev–Trinajstić information content (AvgIpc) is 3.37. The lowest BCUT2D eigenvalue weighted by atomic mass is 10.1. The summed E-state index contributed by atoms with van der Waals surface area (Å²) in [5.74, 6) is 0.945. The minimum atomic E-state index is 0.0885. The van der Waals surface area contributed by atoms with E-state index < -0.39 is 0 Å². The second kappa shape index (κ2) is 12.2. The zero-order valence-corrected chi connectivity index (χ0v) is 20.0. The number of carbonyl (C=O) groups excluding carboxylic acids is 1. The molecule has 2 aromatic carbocycles. The van der Waals surface area contributed by atoms with Gasteiger partial charge in [0.25, 0.3) is 5.91 Å². The lowest BCUT2D eigenvalue weighted by molar-refractivity contribution is 0.0526. The SMILES string of the molecule is CCCN(CC1CCCO1)C(=O)c1ccc(OC2CCN(CCc3ccccc3)CC2)cc1. The maximum Gasteiger partial charge on any atom is 0.253 e. The molecule has 0 N–H and O–H groups in total. The lowest BCUT2D eigenvalue weighted by Crippen LogP contribution is -2.39. The van der Waals surface area contributed by atoms with Crippen LogP contribution in [0.2, 0.25) is 0 Å². The minimum Gasteiger partial charge on any atom is -0.490 e. The molecule has 0 aliphatic carbocycles. The van der Waals surface area contributed by atoms with Gasteiger partial charge in [-0.15, -0.1) is 0 Å². The Morgan fingerprint density at radius 2 is 1.82 bits per heavy atom. The fourth-order valence-corrected chi connectivity index (χ4v) is 4.81. The maximum absolute atomic E-state index is 13.0. The molecular formula is C28H38N2O3. The Labute approximate surface area is 198 Å². The van der Waals surface area contributed by atoms with Crippen LogP contribution in [0.4, 0.5) is 0 Å². The van der Waals surface area contributed by atoms with E-state index in [0.29, 0.717) is 6.54 Å². The molecule has 4 rings (SSSR count). The van der Waals surface area contributed by atoms with Gasteiger partial charge in [0.15, 0.2) is 0 Å². The van der Waals surface area contributed by atoms with Crippen LogP contribution >= 0.6 is 0 Å². The number of piperidine rings is 1. The van der Waals surface area contributed by atoms with E-state index in [1.807, 2.05) is 29.2 Å². The maximum atomic E-state index is 13.0. The molecule has 0 saturated carbocycles. The van der Waals surface area contributed by atoms with E-state index in [0.717, 1.165) is 82.6 Å². The third-order valence-corrected chi connectivity index (χ3v) is 6.73. The van der Waals surface area contributed by atoms with Crippen molar-refractivity contribution in [2.24, 2.45) is 0 Å². The van der Waals surface area contributed by atoms with Crippen molar-refractivity contribution in [2.75, 3.05) is 39.3 Å². The van der Waals surface area contributed by atoms with Crippen molar-refractivity contribution in [3.63, 3.8) is 0 Å². The van der Waals surface area contributed by atoms with Crippen LogP contribution in [-0.2, 0) is 11.2 Å². The molecule has 2 fully saturated rings. The predicted octanol–water partition coefficient (Wildman–Crippen LogP) is 4.80. The highest BCUT2D eigenvalue weighted by Gasteiger charge is 2.24. The van der Waals surface area contributed by atoms with Crippen LogP contribution in [0.3, 0.4) is 0 Å². The number of nitrogens with zero attached hydrogens (tertiary/aromatic N) is 2. The first-order valence-corrected chi connectivity index (χ1v) is 12.6. The fraction of sp³-hybridized carbons (Fsp3) is 0.536. The Morgan fingerprint density at radius 1 is 1.06 bits per heavy atom. The van der Waals surface area contributed by atoms with Crippen molar-refractivity contribution in [3.8, 4) is 5.75 Å². The minimum absolute atomic E-state index is 0.0885. The van der Waals surface area contributed by atoms with Gasteiger partial charge >= 0.3 is 0 Å². The molecule has 2 saturated heterocycles. The predicted molar refractivity (Wildman–Crippen MR) is 132 cm³/mol. The van der Waals surface area contributed by atoms with Crippen LogP contribution < -0.4 is 4.74 Å². The van der Waals surface area contributed by atoms with Crippen molar-refractivity contribution in [1.29, 1.82) is 0 Å². The van der Waals surface area contributed by atoms with E-state index in [1.165, 1.54) is 5.56 Å². The first-order valence-electron chi connectivity index (χ1n) is 12.6. The van der Waals surface area contributed by atoms with Crippen LogP contribution in [0.5, 0.6) is 5.75 Å². The highest BCUT2D eigenvalue weighted by molar-refractivity contribution is 5.94. The van der Waals surface area contributed by atoms with Crippen molar-refractivity contribution in [3.05, 3.63) is 65.7 Å². The summed E-state index contributed by atoms with van der Waals surface area (Å²) in [4.78, 5) is 17.5. The zero-order chi connectivity index (χ0) is 22.9. The van der Waals surface area contributed by atoms with E-state index in [-0.39, 0.29) is 18.1 Å². The Kier molecular flexibility index (Phi) is 8.79. The van der Waals surface area contributed by atoms with E-state index >= 15 is 0 Å². The van der Waals surface area contributed by atoms with Crippen molar-refractivity contribution >= 4 is 5.91 Å². The third kappa shape index (κ3) is 7.05. The third-order valence-electron chi connectivity index (χ3n) is 6.73. The molecule has 178 valence electrons. The van der Waals surface area contributed by atoms with Crippen LogP contribution in [0.25, 0.3) is 0 Å². The first-order chi connectivity index (χ1) is 16.2. The van der Waals surface area contributed by atoms with Crippen molar-refractivity contribution < 1.29 is 14.3 Å². The molecule has 0 radical (unpaired) electrons. The Balaban J connectivity index is 1.23. The van der Waals surface area contributed by atoms with Gasteiger partial charge in [-0.2, -0.15) is 0 Å². The summed E-state index contributed by atoms with van der Waals surface area (Å²) >= 11 is 0. The fourth-order valence-electron chi connectivity index (χ4n) is 4.81. The molecule has 5 nitrogen and oxygen atoms in total. The second-order valence-corrected chi connectivity index (χ2v) is 9.31. The normalized spacial score (nSPS) is 19.5. The summed E-state index contributed by atoms with van der Waals surface area (Å²) in [5.41, 5.74) is 2.13. The van der Waals surface area contributed by atoms with Gasteiger partial charge in [0.2, 0.25) is 0 Å². The van der Waals surface area contributed by atoms with Gasteiger partial charge in [-0.05, 0) is 68.4 Å². The Morgan fingerprint density at radius 3 is 2.48 bits per heavy atom. The molecule has 0 spiro atoms. The van der Waals surface area contributed by atoms with Crippen LogP contribution in [-0.4, -0.2) is 67.2 Å². The Hall–Kier alpha value is -2.37. The number of hydrogen-bond donors (Lipinski definition) is 0. The molecule has 1 atom stereocenters. The molecule has 1 unspecified atom stereocenters. The van der Waals surface area contributed by atoms with E-state index in [1.54, 1.807) is 0 Å². The topological polar surface area (TPSA) is 42.0 Å². The molecule has 2 heterocycles. The lowest BCUT2D eigenvalue weighted by Gasteiger charge is -2.32. The standard InChI is InChI=1S/C28H38N2O3/c1-2-17-30(22-27-9-6-21-32-27)28(31)24-10-12-25(13-11-24)33-26-15-19-29(20-16-26)18-14-23-7-4-3-5-8-23/h3-5,7-8,10-13,26-27H,2,6,9,14-22H2,1H3. The summed E-state index contributed by atoms with van der Waals surface area (Å²) in [6.45, 7) is 7.63. The second-order valence-electron chi connectivity index (χ2n) is 9.31. The van der Waals surface area contributed by atoms with Gasteiger partial charge < -0.3 is 19.3 Å². The van der Waals surface area contributed by atoms with E-state index in [4.69, 9.17) is 9.47 Å². The molecule has 33 heavy (non-hydrogen) atoms. The van der Waals surface area contributed by atoms with Gasteiger partial charge in [-0.3, -0.25) is 4.79 Å². The number of likely N-dealkylation sites (tertiary alicyclic amines) is 1. The summed E-state index contributed by atoms with van der Waals surface area (Å²) < 4.78 is 12.0. The number of hydrogen-bond acceptors (Lipinski definition) is 4. The Bertz CT molecular complexity index is 841. The number of ether oxygens (including phenoxy) is 2. The summed E-state index contributed by atoms with van der Waals surface area (Å²) in [7, 11) is 0. The molecular weight excluding hydrogens is 412 g/mol. The van der Waals surface area contributed by atoms with Crippen molar-refractivity contribution in [1.82, 2.24) is 9.80 Å². The van der Waals surface area contributed by atoms with Crippen LogP contribution in [0.15, 0.2) is 54.6 Å². The molecule has 2 aromatic rings. The highest BCUT2D eigenvalue weighted by Crippen LogP contribution is 2.21. The van der Waals surface area contributed by atoms with Crippen molar-refractivity contribution in [2.45, 2.75) is 57.7 Å². The molecule has 1 amide bonds. The first kappa shape index (κ1) is 23.8. The highest BCUT2D eigenvalue weighted by atomic mass is 16.5. The monoisotopic (exact) mass is 450 g/mol. The summed E-state index contributed by atoms with van der Waals surface area (Å²) in [6.07, 6.45) is 6.70. The van der Waals surface area contributed by atoms with Gasteiger partial charge in [0, 0.05) is 44.9 Å². The molecule has 5 heteroatoms.